The van der Waals surface area contributed by atoms with E-state index in [0.717, 1.165) is 25.5 Å². The summed E-state index contributed by atoms with van der Waals surface area (Å²) in [5.41, 5.74) is 1.27. The Labute approximate surface area is 163 Å². The molecule has 0 radical (unpaired) electrons. The number of carbonyl (C=O) groups excluding carboxylic acids is 1. The molecule has 1 heterocycles. The van der Waals surface area contributed by atoms with Gasteiger partial charge in [-0.25, -0.2) is 4.99 Å². The van der Waals surface area contributed by atoms with E-state index in [1.807, 2.05) is 0 Å². The van der Waals surface area contributed by atoms with E-state index in [1.165, 1.54) is 37.8 Å². The number of amides is 1. The third-order valence-corrected chi connectivity index (χ3v) is 5.47. The molecule has 0 bridgehead atoms. The normalized spacial score (nSPS) is 21.2. The van der Waals surface area contributed by atoms with Gasteiger partial charge in [-0.2, -0.15) is 0 Å². The van der Waals surface area contributed by atoms with Crippen molar-refractivity contribution in [3.05, 3.63) is 30.3 Å². The van der Waals surface area contributed by atoms with Crippen molar-refractivity contribution >= 4 is 17.6 Å². The number of likely N-dealkylation sites (N-methyl/N-ethyl adjacent to an activating group) is 1. The van der Waals surface area contributed by atoms with Crippen molar-refractivity contribution in [2.24, 2.45) is 4.99 Å². The molecule has 6 nitrogen and oxygen atoms in total. The van der Waals surface area contributed by atoms with Crippen LogP contribution in [0.4, 0.5) is 5.69 Å². The molecule has 148 valence electrons. The molecule has 6 heteroatoms. The number of para-hydroxylation sites is 1. The van der Waals surface area contributed by atoms with E-state index in [2.05, 4.69) is 50.9 Å². The number of benzene rings is 1. The van der Waals surface area contributed by atoms with Gasteiger partial charge >= 0.3 is 0 Å². The van der Waals surface area contributed by atoms with Gasteiger partial charge in [-0.05, 0) is 31.4 Å². The number of nitrogens with one attached hydrogen (secondary N) is 2. The van der Waals surface area contributed by atoms with E-state index in [4.69, 9.17) is 0 Å². The number of rotatable bonds is 5. The summed E-state index contributed by atoms with van der Waals surface area (Å²) >= 11 is 0. The molecule has 0 aromatic heterocycles. The Balaban J connectivity index is 1.60. The SMILES string of the molecule is CN(C)C(=O)CN=C(NC1CCCCC1)NC1CCN(c2ccccc2)C1. The number of nitrogens with zero attached hydrogens (tertiary/aromatic N) is 3. The number of hydrogen-bond acceptors (Lipinski definition) is 3. The Hall–Kier alpha value is -2.24. The lowest BCUT2D eigenvalue weighted by molar-refractivity contribution is -0.127. The summed E-state index contributed by atoms with van der Waals surface area (Å²) in [7, 11) is 3.54. The van der Waals surface area contributed by atoms with Crippen molar-refractivity contribution < 1.29 is 4.79 Å². The number of carbonyl (C=O) groups is 1. The first-order chi connectivity index (χ1) is 13.1. The standard InChI is InChI=1S/C21H33N5O/c1-25(2)20(27)15-22-21(23-17-9-5-3-6-10-17)24-18-13-14-26(16-18)19-11-7-4-8-12-19/h4,7-8,11-12,17-18H,3,5-6,9-10,13-16H2,1-2H3,(H2,22,23,24). The molecule has 2 aliphatic rings. The van der Waals surface area contributed by atoms with Crippen LogP contribution < -0.4 is 15.5 Å². The Morgan fingerprint density at radius 1 is 1.07 bits per heavy atom. The van der Waals surface area contributed by atoms with Crippen LogP contribution in [0, 0.1) is 0 Å². The summed E-state index contributed by atoms with van der Waals surface area (Å²) in [5.74, 6) is 0.814. The lowest BCUT2D eigenvalue weighted by Crippen LogP contribution is -2.49. The lowest BCUT2D eigenvalue weighted by atomic mass is 9.96. The highest BCUT2D eigenvalue weighted by molar-refractivity contribution is 5.85. The fourth-order valence-corrected chi connectivity index (χ4v) is 3.81. The number of guanidine groups is 1. The summed E-state index contributed by atoms with van der Waals surface area (Å²) in [6, 6.07) is 11.3. The molecular weight excluding hydrogens is 338 g/mol. The first kappa shape index (κ1) is 19.5. The van der Waals surface area contributed by atoms with Gasteiger partial charge in [-0.3, -0.25) is 4.79 Å². The van der Waals surface area contributed by atoms with Crippen molar-refractivity contribution in [1.29, 1.82) is 0 Å². The first-order valence-electron chi connectivity index (χ1n) is 10.2. The predicted octanol–water partition coefficient (Wildman–Crippen LogP) is 2.22. The molecule has 1 amide bonds. The average Bonchev–Trinajstić information content (AvgIpc) is 3.16. The van der Waals surface area contributed by atoms with Gasteiger partial charge in [0.15, 0.2) is 5.96 Å². The molecule has 1 saturated heterocycles. The van der Waals surface area contributed by atoms with E-state index < -0.39 is 0 Å². The fraction of sp³-hybridized carbons (Fsp3) is 0.619. The van der Waals surface area contributed by atoms with Crippen LogP contribution in [-0.2, 0) is 4.79 Å². The number of aliphatic imine (C=N–C) groups is 1. The van der Waals surface area contributed by atoms with E-state index in [9.17, 15) is 4.79 Å². The molecule has 1 atom stereocenters. The third-order valence-electron chi connectivity index (χ3n) is 5.47. The number of hydrogen-bond donors (Lipinski definition) is 2. The summed E-state index contributed by atoms with van der Waals surface area (Å²) in [5, 5.41) is 7.17. The highest BCUT2D eigenvalue weighted by atomic mass is 16.2. The fourth-order valence-electron chi connectivity index (χ4n) is 3.81. The topological polar surface area (TPSA) is 60.0 Å². The van der Waals surface area contributed by atoms with Crippen molar-refractivity contribution in [1.82, 2.24) is 15.5 Å². The second kappa shape index (κ2) is 9.62. The minimum atomic E-state index is 0.0251. The minimum Gasteiger partial charge on any atom is -0.369 e. The van der Waals surface area contributed by atoms with Crippen LogP contribution in [0.3, 0.4) is 0 Å². The zero-order valence-corrected chi connectivity index (χ0v) is 16.7. The average molecular weight is 372 g/mol. The van der Waals surface area contributed by atoms with Gasteiger partial charge < -0.3 is 20.4 Å². The Morgan fingerprint density at radius 2 is 1.78 bits per heavy atom. The van der Waals surface area contributed by atoms with Gasteiger partial charge in [0.25, 0.3) is 0 Å². The zero-order chi connectivity index (χ0) is 19.1. The molecular formula is C21H33N5O. The van der Waals surface area contributed by atoms with Crippen LogP contribution in [-0.4, -0.2) is 62.6 Å². The highest BCUT2D eigenvalue weighted by Crippen LogP contribution is 2.20. The van der Waals surface area contributed by atoms with Crippen LogP contribution in [0.15, 0.2) is 35.3 Å². The Bertz CT molecular complexity index is 625. The maximum atomic E-state index is 12.0. The zero-order valence-electron chi connectivity index (χ0n) is 16.7. The third kappa shape index (κ3) is 5.88. The van der Waals surface area contributed by atoms with Gasteiger partial charge in [0, 0.05) is 45.0 Å². The molecule has 0 spiro atoms. The second-order valence-electron chi connectivity index (χ2n) is 7.84. The lowest BCUT2D eigenvalue weighted by Gasteiger charge is -2.27. The van der Waals surface area contributed by atoms with Crippen LogP contribution in [0.5, 0.6) is 0 Å². The molecule has 3 rings (SSSR count). The largest absolute Gasteiger partial charge is 0.369 e. The first-order valence-corrected chi connectivity index (χ1v) is 10.2. The van der Waals surface area contributed by atoms with Crippen LogP contribution >= 0.6 is 0 Å². The van der Waals surface area contributed by atoms with Crippen LogP contribution in [0.25, 0.3) is 0 Å². The summed E-state index contributed by atoms with van der Waals surface area (Å²) in [6.45, 7) is 2.18. The molecule has 2 fully saturated rings. The van der Waals surface area contributed by atoms with Crippen molar-refractivity contribution in [3.63, 3.8) is 0 Å². The summed E-state index contributed by atoms with van der Waals surface area (Å²) in [6.07, 6.45) is 7.31. The Kier molecular flexibility index (Phi) is 6.96. The summed E-state index contributed by atoms with van der Waals surface area (Å²) in [4.78, 5) is 20.5. The van der Waals surface area contributed by atoms with Gasteiger partial charge in [-0.15, -0.1) is 0 Å². The maximum absolute atomic E-state index is 12.0. The molecule has 1 unspecified atom stereocenters. The van der Waals surface area contributed by atoms with E-state index in [-0.39, 0.29) is 12.5 Å². The predicted molar refractivity (Wildman–Crippen MR) is 111 cm³/mol. The van der Waals surface area contributed by atoms with E-state index >= 15 is 0 Å². The second-order valence-corrected chi connectivity index (χ2v) is 7.84. The Morgan fingerprint density at radius 3 is 2.48 bits per heavy atom. The molecule has 1 aromatic rings. The molecule has 1 aliphatic heterocycles. The van der Waals surface area contributed by atoms with Crippen molar-refractivity contribution in [2.45, 2.75) is 50.6 Å². The minimum absolute atomic E-state index is 0.0251. The molecule has 1 saturated carbocycles. The molecule has 1 aromatic carbocycles. The van der Waals surface area contributed by atoms with Gasteiger partial charge in [-0.1, -0.05) is 37.5 Å². The maximum Gasteiger partial charge on any atom is 0.243 e. The van der Waals surface area contributed by atoms with Crippen LogP contribution in [0.1, 0.15) is 38.5 Å². The molecule has 2 N–H and O–H groups in total. The monoisotopic (exact) mass is 371 g/mol. The van der Waals surface area contributed by atoms with Gasteiger partial charge in [0.1, 0.15) is 6.54 Å². The summed E-state index contributed by atoms with van der Waals surface area (Å²) < 4.78 is 0. The van der Waals surface area contributed by atoms with Gasteiger partial charge in [0.05, 0.1) is 0 Å². The van der Waals surface area contributed by atoms with Gasteiger partial charge in [0.2, 0.25) is 5.91 Å². The number of anilines is 1. The molecule has 1 aliphatic carbocycles. The van der Waals surface area contributed by atoms with E-state index in [1.54, 1.807) is 19.0 Å². The molecule has 27 heavy (non-hydrogen) atoms. The highest BCUT2D eigenvalue weighted by Gasteiger charge is 2.24. The van der Waals surface area contributed by atoms with Crippen molar-refractivity contribution in [3.8, 4) is 0 Å². The smallest absolute Gasteiger partial charge is 0.243 e. The van der Waals surface area contributed by atoms with Crippen molar-refractivity contribution in [2.75, 3.05) is 38.6 Å². The van der Waals surface area contributed by atoms with Crippen LogP contribution in [0.2, 0.25) is 0 Å². The quantitative estimate of drug-likeness (QED) is 0.615. The van der Waals surface area contributed by atoms with E-state index in [0.29, 0.717) is 12.1 Å².